The number of nitrogens with zero attached hydrogens (tertiary/aromatic N) is 2. The lowest BCUT2D eigenvalue weighted by Gasteiger charge is -2.12. The fourth-order valence-electron chi connectivity index (χ4n) is 1.67. The molecule has 0 spiro atoms. The Balaban J connectivity index is 2.27. The van der Waals surface area contributed by atoms with E-state index in [1.165, 1.54) is 5.01 Å². The van der Waals surface area contributed by atoms with Crippen LogP contribution >= 0.6 is 11.6 Å². The first-order chi connectivity index (χ1) is 8.47. The van der Waals surface area contributed by atoms with E-state index in [1.807, 2.05) is 6.92 Å². The molecule has 0 saturated carbocycles. The number of amides is 1. The van der Waals surface area contributed by atoms with Crippen LogP contribution in [-0.4, -0.2) is 22.7 Å². The molecule has 0 saturated heterocycles. The maximum Gasteiger partial charge on any atom is 0.309 e. The molecule has 0 atom stereocenters. The van der Waals surface area contributed by atoms with E-state index in [2.05, 4.69) is 5.10 Å². The van der Waals surface area contributed by atoms with Crippen molar-refractivity contribution in [3.63, 3.8) is 0 Å². The number of hydrogen-bond donors (Lipinski definition) is 1. The van der Waals surface area contributed by atoms with Gasteiger partial charge >= 0.3 is 5.97 Å². The minimum atomic E-state index is -0.995. The summed E-state index contributed by atoms with van der Waals surface area (Å²) in [6, 6.07) is 5.16. The van der Waals surface area contributed by atoms with Crippen molar-refractivity contribution in [2.75, 3.05) is 5.01 Å². The van der Waals surface area contributed by atoms with Crippen molar-refractivity contribution < 1.29 is 14.7 Å². The number of aryl methyl sites for hydroxylation is 1. The highest BCUT2D eigenvalue weighted by atomic mass is 35.5. The average molecular weight is 267 g/mol. The smallest absolute Gasteiger partial charge is 0.309 e. The third-order valence-corrected chi connectivity index (χ3v) is 3.00. The largest absolute Gasteiger partial charge is 0.481 e. The summed E-state index contributed by atoms with van der Waals surface area (Å²) in [4.78, 5) is 22.3. The summed E-state index contributed by atoms with van der Waals surface area (Å²) in [7, 11) is 0. The second-order valence-corrected chi connectivity index (χ2v) is 4.46. The van der Waals surface area contributed by atoms with E-state index < -0.39 is 5.97 Å². The molecular formula is C12H11ClN2O3. The lowest BCUT2D eigenvalue weighted by atomic mass is 10.2. The second-order valence-electron chi connectivity index (χ2n) is 4.05. The Morgan fingerprint density at radius 2 is 2.28 bits per heavy atom. The molecule has 1 N–H and O–H groups in total. The van der Waals surface area contributed by atoms with Gasteiger partial charge in [0, 0.05) is 5.02 Å². The summed E-state index contributed by atoms with van der Waals surface area (Å²) in [6.45, 7) is 1.86. The van der Waals surface area contributed by atoms with Crippen molar-refractivity contribution in [3.8, 4) is 0 Å². The van der Waals surface area contributed by atoms with Gasteiger partial charge in [0.05, 0.1) is 24.2 Å². The van der Waals surface area contributed by atoms with E-state index in [4.69, 9.17) is 16.7 Å². The first-order valence-corrected chi connectivity index (χ1v) is 5.72. The number of carboxylic acids is 1. The van der Waals surface area contributed by atoms with Gasteiger partial charge < -0.3 is 5.11 Å². The quantitative estimate of drug-likeness (QED) is 0.912. The van der Waals surface area contributed by atoms with E-state index in [-0.39, 0.29) is 18.7 Å². The van der Waals surface area contributed by atoms with Crippen LogP contribution in [0, 0.1) is 6.92 Å². The minimum absolute atomic E-state index is 0.0395. The third-order valence-electron chi connectivity index (χ3n) is 2.59. The van der Waals surface area contributed by atoms with Crippen molar-refractivity contribution in [2.45, 2.75) is 19.8 Å². The number of hydrazone groups is 1. The van der Waals surface area contributed by atoms with Crippen LogP contribution in [0.25, 0.3) is 0 Å². The van der Waals surface area contributed by atoms with E-state index in [1.54, 1.807) is 18.2 Å². The zero-order valence-corrected chi connectivity index (χ0v) is 10.4. The van der Waals surface area contributed by atoms with Crippen LogP contribution in [0.15, 0.2) is 23.3 Å². The summed E-state index contributed by atoms with van der Waals surface area (Å²) in [5.74, 6) is -1.24. The predicted octanol–water partition coefficient (Wildman–Crippen LogP) is 2.22. The van der Waals surface area contributed by atoms with Crippen LogP contribution < -0.4 is 5.01 Å². The number of anilines is 1. The molecule has 1 aromatic rings. The number of carbonyl (C=O) groups is 2. The highest BCUT2D eigenvalue weighted by Crippen LogP contribution is 2.26. The second kappa shape index (κ2) is 4.78. The Bertz CT molecular complexity index is 554. The van der Waals surface area contributed by atoms with Gasteiger partial charge in [-0.25, -0.2) is 5.01 Å². The minimum Gasteiger partial charge on any atom is -0.481 e. The van der Waals surface area contributed by atoms with Gasteiger partial charge in [-0.15, -0.1) is 0 Å². The monoisotopic (exact) mass is 266 g/mol. The molecule has 1 aromatic carbocycles. The average Bonchev–Trinajstić information content (AvgIpc) is 2.62. The van der Waals surface area contributed by atoms with Crippen molar-refractivity contribution in [1.29, 1.82) is 0 Å². The molecule has 5 nitrogen and oxygen atoms in total. The Morgan fingerprint density at radius 3 is 2.89 bits per heavy atom. The maximum absolute atomic E-state index is 11.7. The summed E-state index contributed by atoms with van der Waals surface area (Å²) < 4.78 is 0. The number of carboxylic acid groups (broad SMARTS) is 1. The van der Waals surface area contributed by atoms with E-state index in [0.717, 1.165) is 5.56 Å². The Morgan fingerprint density at radius 1 is 1.56 bits per heavy atom. The summed E-state index contributed by atoms with van der Waals surface area (Å²) in [5.41, 5.74) is 1.81. The first kappa shape index (κ1) is 12.6. The number of benzene rings is 1. The van der Waals surface area contributed by atoms with Gasteiger partial charge in [-0.2, -0.15) is 5.10 Å². The van der Waals surface area contributed by atoms with Crippen LogP contribution in [-0.2, 0) is 9.59 Å². The molecule has 0 fully saturated rings. The van der Waals surface area contributed by atoms with Crippen LogP contribution in [0.1, 0.15) is 18.4 Å². The molecule has 0 unspecified atom stereocenters. The van der Waals surface area contributed by atoms with E-state index in [9.17, 15) is 9.59 Å². The molecule has 0 bridgehead atoms. The molecule has 0 aliphatic carbocycles. The molecule has 94 valence electrons. The lowest BCUT2D eigenvalue weighted by Crippen LogP contribution is -2.19. The van der Waals surface area contributed by atoms with Gasteiger partial charge in [0.1, 0.15) is 0 Å². The molecule has 1 amide bonds. The molecule has 0 aromatic heterocycles. The molecule has 0 radical (unpaired) electrons. The number of carbonyl (C=O) groups excluding carboxylic acids is 1. The fourth-order valence-corrected chi connectivity index (χ4v) is 1.84. The predicted molar refractivity (Wildman–Crippen MR) is 68.0 cm³/mol. The Kier molecular flexibility index (Phi) is 3.34. The van der Waals surface area contributed by atoms with Crippen molar-refractivity contribution in [2.24, 2.45) is 5.10 Å². The van der Waals surface area contributed by atoms with Gasteiger partial charge in [-0.05, 0) is 24.6 Å². The standard InChI is InChI=1S/C12H11ClN2O3/c1-7-2-3-9(6-10(7)13)15-11(16)4-8(14-15)5-12(17)18/h2-3,6H,4-5H2,1H3,(H,17,18). The van der Waals surface area contributed by atoms with Crippen LogP contribution in [0.3, 0.4) is 0 Å². The van der Waals surface area contributed by atoms with Gasteiger partial charge in [0.15, 0.2) is 0 Å². The lowest BCUT2D eigenvalue weighted by molar-refractivity contribution is -0.135. The summed E-state index contributed by atoms with van der Waals surface area (Å²) in [6.07, 6.45) is -0.181. The van der Waals surface area contributed by atoms with Gasteiger partial charge in [-0.1, -0.05) is 17.7 Å². The van der Waals surface area contributed by atoms with E-state index >= 15 is 0 Å². The third kappa shape index (κ3) is 2.51. The normalized spacial score (nSPS) is 14.9. The Labute approximate surface area is 109 Å². The van der Waals surface area contributed by atoms with Crippen LogP contribution in [0.5, 0.6) is 0 Å². The van der Waals surface area contributed by atoms with Gasteiger partial charge in [0.25, 0.3) is 5.91 Å². The highest BCUT2D eigenvalue weighted by molar-refractivity contribution is 6.31. The van der Waals surface area contributed by atoms with Gasteiger partial charge in [-0.3, -0.25) is 9.59 Å². The zero-order valence-electron chi connectivity index (χ0n) is 9.68. The molecule has 1 aliphatic heterocycles. The maximum atomic E-state index is 11.7. The Hall–Kier alpha value is -1.88. The molecular weight excluding hydrogens is 256 g/mol. The summed E-state index contributed by atoms with van der Waals surface area (Å²) >= 11 is 5.98. The van der Waals surface area contributed by atoms with Crippen LogP contribution in [0.2, 0.25) is 5.02 Å². The molecule has 2 rings (SSSR count). The molecule has 6 heteroatoms. The number of hydrogen-bond acceptors (Lipinski definition) is 3. The zero-order chi connectivity index (χ0) is 13.3. The fraction of sp³-hybridized carbons (Fsp3) is 0.250. The van der Waals surface area contributed by atoms with Crippen molar-refractivity contribution >= 4 is 34.9 Å². The molecule has 18 heavy (non-hydrogen) atoms. The number of rotatable bonds is 3. The first-order valence-electron chi connectivity index (χ1n) is 5.34. The number of halogens is 1. The topological polar surface area (TPSA) is 70.0 Å². The number of aliphatic carboxylic acids is 1. The van der Waals surface area contributed by atoms with Crippen LogP contribution in [0.4, 0.5) is 5.69 Å². The van der Waals surface area contributed by atoms with E-state index in [0.29, 0.717) is 16.4 Å². The summed E-state index contributed by atoms with van der Waals surface area (Å²) in [5, 5.41) is 14.4. The molecule has 1 heterocycles. The molecule has 1 aliphatic rings. The van der Waals surface area contributed by atoms with Crippen molar-refractivity contribution in [1.82, 2.24) is 0 Å². The van der Waals surface area contributed by atoms with Crippen molar-refractivity contribution in [3.05, 3.63) is 28.8 Å². The SMILES string of the molecule is Cc1ccc(N2N=C(CC(=O)O)CC2=O)cc1Cl. The van der Waals surface area contributed by atoms with Gasteiger partial charge in [0.2, 0.25) is 0 Å². The highest BCUT2D eigenvalue weighted by Gasteiger charge is 2.26.